The highest BCUT2D eigenvalue weighted by Crippen LogP contribution is 2.17. The quantitative estimate of drug-likeness (QED) is 0.752. The number of aryl methyl sites for hydroxylation is 2. The van der Waals surface area contributed by atoms with Gasteiger partial charge in [-0.1, -0.05) is 0 Å². The van der Waals surface area contributed by atoms with Crippen LogP contribution in [-0.4, -0.2) is 38.2 Å². The molecule has 0 radical (unpaired) electrons. The largest absolute Gasteiger partial charge is 0.395 e. The van der Waals surface area contributed by atoms with Crippen LogP contribution in [0, 0.1) is 13.8 Å². The third kappa shape index (κ3) is 3.57. The van der Waals surface area contributed by atoms with Crippen molar-refractivity contribution in [3.63, 3.8) is 0 Å². The fraction of sp³-hybridized carbons (Fsp3) is 0.312. The summed E-state index contributed by atoms with van der Waals surface area (Å²) in [5, 5.41) is 26.5. The van der Waals surface area contributed by atoms with E-state index in [1.54, 1.807) is 16.0 Å². The molecular weight excluding hydrogens is 310 g/mol. The second kappa shape index (κ2) is 6.89. The summed E-state index contributed by atoms with van der Waals surface area (Å²) in [5.41, 5.74) is 3.18. The molecule has 7 heteroatoms. The van der Waals surface area contributed by atoms with Crippen molar-refractivity contribution in [1.82, 2.24) is 20.0 Å². The maximum absolute atomic E-state index is 9.30. The van der Waals surface area contributed by atoms with E-state index in [1.165, 1.54) is 5.56 Å². The zero-order chi connectivity index (χ0) is 16.2. The van der Waals surface area contributed by atoms with Gasteiger partial charge in [0.2, 0.25) is 0 Å². The van der Waals surface area contributed by atoms with E-state index in [0.717, 1.165) is 17.2 Å². The fourth-order valence-corrected chi connectivity index (χ4v) is 3.12. The molecule has 3 rings (SSSR count). The van der Waals surface area contributed by atoms with Crippen LogP contribution in [-0.2, 0) is 6.54 Å². The summed E-state index contributed by atoms with van der Waals surface area (Å²) in [6.45, 7) is 5.24. The topological polar surface area (TPSA) is 67.1 Å². The Morgan fingerprint density at radius 1 is 1.22 bits per heavy atom. The summed E-state index contributed by atoms with van der Waals surface area (Å²) in [5.74, 6) is 1.44. The molecule has 0 unspecified atom stereocenters. The summed E-state index contributed by atoms with van der Waals surface area (Å²) in [7, 11) is 0. The second-order valence-electron chi connectivity index (χ2n) is 5.37. The van der Waals surface area contributed by atoms with Crippen molar-refractivity contribution >= 4 is 17.2 Å². The van der Waals surface area contributed by atoms with E-state index in [-0.39, 0.29) is 6.61 Å². The minimum absolute atomic E-state index is 0.0744. The molecule has 120 valence electrons. The standard InChI is InChI=1S/C16H19N5OS/c1-12-9-13(2)21(19-12)16-4-3-15(17-18-16)20(6-7-22)10-14-5-8-23-11-14/h3-5,8-9,11,22H,6-7,10H2,1-2H3. The molecular formula is C16H19N5OS. The first-order valence-electron chi connectivity index (χ1n) is 7.41. The van der Waals surface area contributed by atoms with Crippen LogP contribution in [0.4, 0.5) is 5.82 Å². The van der Waals surface area contributed by atoms with Gasteiger partial charge in [0.25, 0.3) is 0 Å². The third-order valence-electron chi connectivity index (χ3n) is 3.51. The van der Waals surface area contributed by atoms with Crippen LogP contribution >= 0.6 is 11.3 Å². The zero-order valence-corrected chi connectivity index (χ0v) is 14.0. The highest BCUT2D eigenvalue weighted by atomic mass is 32.1. The van der Waals surface area contributed by atoms with Gasteiger partial charge in [0.05, 0.1) is 12.3 Å². The monoisotopic (exact) mass is 329 g/mol. The van der Waals surface area contributed by atoms with Crippen LogP contribution in [0.1, 0.15) is 17.0 Å². The van der Waals surface area contributed by atoms with Gasteiger partial charge >= 0.3 is 0 Å². The van der Waals surface area contributed by atoms with Crippen molar-refractivity contribution in [1.29, 1.82) is 0 Å². The van der Waals surface area contributed by atoms with Crippen LogP contribution in [0.3, 0.4) is 0 Å². The summed E-state index contributed by atoms with van der Waals surface area (Å²) in [6, 6.07) is 7.90. The van der Waals surface area contributed by atoms with Gasteiger partial charge in [0.1, 0.15) is 0 Å². The Morgan fingerprint density at radius 2 is 2.09 bits per heavy atom. The lowest BCUT2D eigenvalue weighted by atomic mass is 10.3. The van der Waals surface area contributed by atoms with Gasteiger partial charge in [-0.2, -0.15) is 16.4 Å². The Bertz CT molecular complexity index is 751. The average molecular weight is 329 g/mol. The Morgan fingerprint density at radius 3 is 2.65 bits per heavy atom. The molecule has 0 aliphatic rings. The Balaban J connectivity index is 1.82. The molecule has 0 aromatic carbocycles. The van der Waals surface area contributed by atoms with Crippen LogP contribution < -0.4 is 4.90 Å². The molecule has 0 atom stereocenters. The SMILES string of the molecule is Cc1cc(C)n(-c2ccc(N(CCO)Cc3ccsc3)nn2)n1. The molecule has 3 aromatic rings. The number of nitrogens with zero attached hydrogens (tertiary/aromatic N) is 5. The van der Waals surface area contributed by atoms with E-state index < -0.39 is 0 Å². The highest BCUT2D eigenvalue weighted by molar-refractivity contribution is 7.07. The Hall–Kier alpha value is -2.25. The van der Waals surface area contributed by atoms with E-state index in [2.05, 4.69) is 26.7 Å². The van der Waals surface area contributed by atoms with Gasteiger partial charge in [0.15, 0.2) is 11.6 Å². The number of anilines is 1. The first kappa shape index (κ1) is 15.6. The van der Waals surface area contributed by atoms with Crippen LogP contribution in [0.15, 0.2) is 35.0 Å². The van der Waals surface area contributed by atoms with E-state index >= 15 is 0 Å². The molecule has 1 N–H and O–H groups in total. The number of aliphatic hydroxyl groups excluding tert-OH is 1. The molecule has 0 spiro atoms. The first-order valence-corrected chi connectivity index (χ1v) is 8.36. The second-order valence-corrected chi connectivity index (χ2v) is 6.15. The first-order chi connectivity index (χ1) is 11.2. The highest BCUT2D eigenvalue weighted by Gasteiger charge is 2.11. The van der Waals surface area contributed by atoms with E-state index in [1.807, 2.05) is 42.3 Å². The smallest absolute Gasteiger partial charge is 0.176 e. The normalized spacial score (nSPS) is 10.9. The zero-order valence-electron chi connectivity index (χ0n) is 13.2. The fourth-order valence-electron chi connectivity index (χ4n) is 2.46. The van der Waals surface area contributed by atoms with Crippen molar-refractivity contribution < 1.29 is 5.11 Å². The summed E-state index contributed by atoms with van der Waals surface area (Å²) < 4.78 is 1.78. The molecule has 0 fully saturated rings. The minimum Gasteiger partial charge on any atom is -0.395 e. The van der Waals surface area contributed by atoms with Gasteiger partial charge in [-0.05, 0) is 54.4 Å². The number of aliphatic hydroxyl groups is 1. The van der Waals surface area contributed by atoms with Crippen molar-refractivity contribution in [3.8, 4) is 5.82 Å². The van der Waals surface area contributed by atoms with Gasteiger partial charge < -0.3 is 10.0 Å². The van der Waals surface area contributed by atoms with Gasteiger partial charge in [0, 0.05) is 18.8 Å². The van der Waals surface area contributed by atoms with Crippen molar-refractivity contribution in [3.05, 3.63) is 52.0 Å². The van der Waals surface area contributed by atoms with Crippen LogP contribution in [0.2, 0.25) is 0 Å². The summed E-state index contributed by atoms with van der Waals surface area (Å²) in [6.07, 6.45) is 0. The molecule has 3 aromatic heterocycles. The summed E-state index contributed by atoms with van der Waals surface area (Å²) in [4.78, 5) is 2.01. The number of thiophene rings is 1. The molecule has 0 saturated carbocycles. The summed E-state index contributed by atoms with van der Waals surface area (Å²) >= 11 is 1.66. The molecule has 0 saturated heterocycles. The van der Waals surface area contributed by atoms with E-state index in [4.69, 9.17) is 0 Å². The van der Waals surface area contributed by atoms with E-state index in [9.17, 15) is 5.11 Å². The molecule has 6 nitrogen and oxygen atoms in total. The van der Waals surface area contributed by atoms with Crippen molar-refractivity contribution in [2.75, 3.05) is 18.1 Å². The molecule has 0 aliphatic heterocycles. The predicted molar refractivity (Wildman–Crippen MR) is 91.1 cm³/mol. The lowest BCUT2D eigenvalue weighted by molar-refractivity contribution is 0.301. The molecule has 3 heterocycles. The van der Waals surface area contributed by atoms with Gasteiger partial charge in [-0.25, -0.2) is 4.68 Å². The maximum Gasteiger partial charge on any atom is 0.176 e. The minimum atomic E-state index is 0.0744. The number of rotatable bonds is 6. The molecule has 0 bridgehead atoms. The molecule has 0 amide bonds. The lowest BCUT2D eigenvalue weighted by Gasteiger charge is -2.21. The van der Waals surface area contributed by atoms with Crippen molar-refractivity contribution in [2.45, 2.75) is 20.4 Å². The molecule has 0 aliphatic carbocycles. The molecule has 23 heavy (non-hydrogen) atoms. The Kier molecular flexibility index (Phi) is 4.68. The van der Waals surface area contributed by atoms with Gasteiger partial charge in [-0.3, -0.25) is 0 Å². The average Bonchev–Trinajstić information content (AvgIpc) is 3.16. The van der Waals surface area contributed by atoms with Crippen LogP contribution in [0.25, 0.3) is 5.82 Å². The number of aromatic nitrogens is 4. The van der Waals surface area contributed by atoms with Crippen LogP contribution in [0.5, 0.6) is 0 Å². The number of hydrogen-bond acceptors (Lipinski definition) is 6. The predicted octanol–water partition coefficient (Wildman–Crippen LogP) is 2.34. The maximum atomic E-state index is 9.30. The van der Waals surface area contributed by atoms with E-state index in [0.29, 0.717) is 18.9 Å². The lowest BCUT2D eigenvalue weighted by Crippen LogP contribution is -2.27. The number of hydrogen-bond donors (Lipinski definition) is 1. The van der Waals surface area contributed by atoms with Crippen molar-refractivity contribution in [2.24, 2.45) is 0 Å². The Labute approximate surface area is 139 Å². The van der Waals surface area contributed by atoms with Gasteiger partial charge in [-0.15, -0.1) is 10.2 Å². The third-order valence-corrected chi connectivity index (χ3v) is 4.24.